The van der Waals surface area contributed by atoms with E-state index in [0.717, 1.165) is 103 Å². The number of esters is 2. The summed E-state index contributed by atoms with van der Waals surface area (Å²) in [5.74, 6) is -0.807. The van der Waals surface area contributed by atoms with Crippen molar-refractivity contribution in [1.29, 1.82) is 0 Å². The molecule has 2 unspecified atom stereocenters. The van der Waals surface area contributed by atoms with E-state index in [2.05, 4.69) is 55.3 Å². The van der Waals surface area contributed by atoms with Crippen LogP contribution in [-0.2, 0) is 33.3 Å². The quantitative estimate of drug-likeness (QED) is 0.0233. The fourth-order valence-corrected chi connectivity index (χ4v) is 5.70. The van der Waals surface area contributed by atoms with Gasteiger partial charge in [0, 0.05) is 45.1 Å². The van der Waals surface area contributed by atoms with Crippen molar-refractivity contribution in [3.05, 3.63) is 24.3 Å². The molecule has 1 amide bonds. The zero-order valence-electron chi connectivity index (χ0n) is 32.8. The smallest absolute Gasteiger partial charge is 0.407 e. The average molecular weight is 723 g/mol. The number of amides is 1. The van der Waals surface area contributed by atoms with Gasteiger partial charge in [0.05, 0.1) is 19.6 Å². The summed E-state index contributed by atoms with van der Waals surface area (Å²) in [5.41, 5.74) is 0. The molecule has 296 valence electrons. The van der Waals surface area contributed by atoms with Gasteiger partial charge in [-0.15, -0.1) is 0 Å². The highest BCUT2D eigenvalue weighted by Crippen LogP contribution is 2.15. The summed E-state index contributed by atoms with van der Waals surface area (Å²) < 4.78 is 28.7. The zero-order valence-corrected chi connectivity index (χ0v) is 32.8. The van der Waals surface area contributed by atoms with E-state index in [0.29, 0.717) is 32.6 Å². The van der Waals surface area contributed by atoms with Gasteiger partial charge in [-0.1, -0.05) is 71.3 Å². The molecule has 0 aliphatic carbocycles. The zero-order chi connectivity index (χ0) is 37.2. The average Bonchev–Trinajstić information content (AvgIpc) is 3.65. The summed E-state index contributed by atoms with van der Waals surface area (Å²) in [4.78, 5) is 39.9. The number of carbonyl (C=O) groups is 3. The number of carbonyl (C=O) groups excluding carboxylic acids is 3. The normalized spacial score (nSPS) is 14.8. The first kappa shape index (κ1) is 46.6. The van der Waals surface area contributed by atoms with E-state index in [1.54, 1.807) is 0 Å². The van der Waals surface area contributed by atoms with E-state index in [4.69, 9.17) is 23.7 Å². The number of ether oxygens (including phenoxy) is 5. The molecule has 1 rings (SSSR count). The van der Waals surface area contributed by atoms with E-state index in [9.17, 15) is 14.4 Å². The van der Waals surface area contributed by atoms with Crippen LogP contribution in [0.3, 0.4) is 0 Å². The highest BCUT2D eigenvalue weighted by molar-refractivity contribution is 5.70. The molecule has 10 nitrogen and oxygen atoms in total. The lowest BCUT2D eigenvalue weighted by molar-refractivity contribution is -0.160. The number of unbranched alkanes of at least 4 members (excludes halogenated alkanes) is 7. The SMILES string of the molecule is CC/C=C\CCCCOC(CCC(=O)OCC(C)COC(=O)CCC(CCCCCC)OC(=O)NCCN1CCCC1)OCCCC/C=C\CC. The minimum absolute atomic E-state index is 0.146. The summed E-state index contributed by atoms with van der Waals surface area (Å²) in [5, 5.41) is 2.87. The van der Waals surface area contributed by atoms with Crippen LogP contribution in [0.15, 0.2) is 24.3 Å². The first-order valence-electron chi connectivity index (χ1n) is 20.4. The highest BCUT2D eigenvalue weighted by Gasteiger charge is 2.19. The molecule has 0 spiro atoms. The third-order valence-electron chi connectivity index (χ3n) is 8.80. The molecule has 10 heteroatoms. The Morgan fingerprint density at radius 3 is 1.86 bits per heavy atom. The van der Waals surface area contributed by atoms with E-state index in [1.165, 1.54) is 12.8 Å². The van der Waals surface area contributed by atoms with Gasteiger partial charge in [0.1, 0.15) is 6.10 Å². The largest absolute Gasteiger partial charge is 0.465 e. The van der Waals surface area contributed by atoms with Crippen molar-refractivity contribution >= 4 is 18.0 Å². The maximum Gasteiger partial charge on any atom is 0.407 e. The van der Waals surface area contributed by atoms with Crippen molar-refractivity contribution in [2.24, 2.45) is 5.92 Å². The molecule has 1 aliphatic rings. The predicted octanol–water partition coefficient (Wildman–Crippen LogP) is 9.06. The number of nitrogens with zero attached hydrogens (tertiary/aromatic N) is 1. The number of allylic oxidation sites excluding steroid dienone is 4. The van der Waals surface area contributed by atoms with Gasteiger partial charge >= 0.3 is 18.0 Å². The molecule has 0 aromatic rings. The molecule has 0 saturated carbocycles. The van der Waals surface area contributed by atoms with Crippen LogP contribution in [0.5, 0.6) is 0 Å². The summed E-state index contributed by atoms with van der Waals surface area (Å²) in [6.07, 6.45) is 24.4. The first-order chi connectivity index (χ1) is 24.9. The molecule has 1 fully saturated rings. The van der Waals surface area contributed by atoms with Crippen molar-refractivity contribution in [2.75, 3.05) is 52.6 Å². The number of likely N-dealkylation sites (tertiary alicyclic amines) is 1. The van der Waals surface area contributed by atoms with Gasteiger partial charge in [-0.25, -0.2) is 4.79 Å². The van der Waals surface area contributed by atoms with Gasteiger partial charge in [0.15, 0.2) is 6.29 Å². The van der Waals surface area contributed by atoms with Crippen molar-refractivity contribution in [3.8, 4) is 0 Å². The molecule has 1 aliphatic heterocycles. The summed E-state index contributed by atoms with van der Waals surface area (Å²) in [6, 6.07) is 0. The molecule has 2 atom stereocenters. The molecule has 0 aromatic carbocycles. The van der Waals surface area contributed by atoms with Crippen LogP contribution < -0.4 is 5.32 Å². The molecule has 51 heavy (non-hydrogen) atoms. The van der Waals surface area contributed by atoms with Gasteiger partial charge in [-0.3, -0.25) is 9.59 Å². The second-order valence-corrected chi connectivity index (χ2v) is 13.8. The number of hydrogen-bond donors (Lipinski definition) is 1. The fraction of sp³-hybridized carbons (Fsp3) is 0.829. The van der Waals surface area contributed by atoms with E-state index in [-0.39, 0.29) is 50.0 Å². The topological polar surface area (TPSA) is 113 Å². The molecule has 0 bridgehead atoms. The lowest BCUT2D eigenvalue weighted by atomic mass is 10.1. The van der Waals surface area contributed by atoms with Crippen molar-refractivity contribution in [1.82, 2.24) is 10.2 Å². The van der Waals surface area contributed by atoms with Crippen molar-refractivity contribution in [3.63, 3.8) is 0 Å². The van der Waals surface area contributed by atoms with Crippen LogP contribution in [0, 0.1) is 5.92 Å². The maximum absolute atomic E-state index is 12.6. The van der Waals surface area contributed by atoms with Crippen LogP contribution in [0.4, 0.5) is 4.79 Å². The van der Waals surface area contributed by atoms with Crippen molar-refractivity contribution in [2.45, 2.75) is 162 Å². The lowest BCUT2D eigenvalue weighted by Crippen LogP contribution is -2.35. The van der Waals surface area contributed by atoms with E-state index >= 15 is 0 Å². The number of alkyl carbamates (subject to hydrolysis) is 1. The van der Waals surface area contributed by atoms with E-state index < -0.39 is 12.4 Å². The van der Waals surface area contributed by atoms with Crippen LogP contribution in [0.1, 0.15) is 150 Å². The summed E-state index contributed by atoms with van der Waals surface area (Å²) in [7, 11) is 0. The Bertz CT molecular complexity index is 897. The Kier molecular flexibility index (Phi) is 30.5. The predicted molar refractivity (Wildman–Crippen MR) is 205 cm³/mol. The third kappa shape index (κ3) is 28.8. The highest BCUT2D eigenvalue weighted by atomic mass is 16.7. The second kappa shape index (κ2) is 33.4. The maximum atomic E-state index is 12.6. The van der Waals surface area contributed by atoms with Crippen LogP contribution in [-0.4, -0.2) is 87.9 Å². The first-order valence-corrected chi connectivity index (χ1v) is 20.4. The Labute approximate surface area is 310 Å². The summed E-state index contributed by atoms with van der Waals surface area (Å²) in [6.45, 7) is 13.4. The lowest BCUT2D eigenvalue weighted by Gasteiger charge is -2.20. The number of hydrogen-bond acceptors (Lipinski definition) is 9. The molecular formula is C41H74N2O8. The third-order valence-corrected chi connectivity index (χ3v) is 8.80. The number of nitrogens with one attached hydrogen (secondary N) is 1. The van der Waals surface area contributed by atoms with Gasteiger partial charge in [-0.2, -0.15) is 0 Å². The fourth-order valence-electron chi connectivity index (χ4n) is 5.70. The standard InChI is InChI=1S/C41H74N2O8/c1-5-8-11-14-16-21-32-47-40(48-33-22-17-15-12-9-6-2)27-26-39(45)50-35-36(4)34-49-38(44)25-24-37(23-18-13-10-7-3)51-41(46)42-28-31-43-29-19-20-30-43/h8-9,11-12,36-37,40H,5-7,10,13-35H2,1-4H3,(H,42,46)/b11-8-,12-9-. The monoisotopic (exact) mass is 723 g/mol. The molecule has 0 aromatic heterocycles. The second-order valence-electron chi connectivity index (χ2n) is 13.8. The molecule has 1 saturated heterocycles. The molecular weight excluding hydrogens is 648 g/mol. The van der Waals surface area contributed by atoms with Gasteiger partial charge in [0.2, 0.25) is 0 Å². The Morgan fingerprint density at radius 1 is 0.706 bits per heavy atom. The van der Waals surface area contributed by atoms with Crippen LogP contribution in [0.2, 0.25) is 0 Å². The Hall–Kier alpha value is -2.43. The minimum atomic E-state index is -0.436. The minimum Gasteiger partial charge on any atom is -0.465 e. The molecule has 1 heterocycles. The van der Waals surface area contributed by atoms with Crippen molar-refractivity contribution < 1.29 is 38.1 Å². The molecule has 1 N–H and O–H groups in total. The Balaban J connectivity index is 2.37. The molecule has 0 radical (unpaired) electrons. The summed E-state index contributed by atoms with van der Waals surface area (Å²) >= 11 is 0. The van der Waals surface area contributed by atoms with Gasteiger partial charge in [0.25, 0.3) is 0 Å². The van der Waals surface area contributed by atoms with E-state index in [1.807, 2.05) is 6.92 Å². The van der Waals surface area contributed by atoms with Crippen LogP contribution in [0.25, 0.3) is 0 Å². The van der Waals surface area contributed by atoms with Gasteiger partial charge < -0.3 is 33.9 Å². The number of rotatable bonds is 33. The van der Waals surface area contributed by atoms with Gasteiger partial charge in [-0.05, 0) is 96.6 Å². The van der Waals surface area contributed by atoms with Crippen LogP contribution >= 0.6 is 0 Å². The Morgan fingerprint density at radius 2 is 1.29 bits per heavy atom.